The number of ether oxygens (including phenoxy) is 1. The van der Waals surface area contributed by atoms with Gasteiger partial charge in [0.15, 0.2) is 0 Å². The van der Waals surface area contributed by atoms with Crippen molar-refractivity contribution in [3.63, 3.8) is 0 Å². The molecular weight excluding hydrogens is 320 g/mol. The molecule has 2 aromatic heterocycles. The Labute approximate surface area is 141 Å². The summed E-state index contributed by atoms with van der Waals surface area (Å²) in [6.07, 6.45) is 1.45. The quantitative estimate of drug-likeness (QED) is 0.562. The van der Waals surface area contributed by atoms with Crippen molar-refractivity contribution in [3.8, 4) is 5.75 Å². The van der Waals surface area contributed by atoms with Gasteiger partial charge in [0.05, 0.1) is 18.8 Å². The number of para-hydroxylation sites is 1. The van der Waals surface area contributed by atoms with Crippen LogP contribution in [-0.4, -0.2) is 28.0 Å². The summed E-state index contributed by atoms with van der Waals surface area (Å²) in [5.41, 5.74) is 1.23. The van der Waals surface area contributed by atoms with E-state index in [-0.39, 0.29) is 0 Å². The van der Waals surface area contributed by atoms with E-state index in [2.05, 4.69) is 15.1 Å². The van der Waals surface area contributed by atoms with E-state index in [4.69, 9.17) is 4.74 Å². The highest BCUT2D eigenvalue weighted by Crippen LogP contribution is 2.19. The number of nitrogens with zero attached hydrogens (tertiary/aromatic N) is 2. The van der Waals surface area contributed by atoms with Crippen molar-refractivity contribution in [2.45, 2.75) is 0 Å². The molecule has 0 saturated heterocycles. The van der Waals surface area contributed by atoms with Crippen molar-refractivity contribution in [1.29, 1.82) is 0 Å². The lowest BCUT2D eigenvalue weighted by atomic mass is 10.2. The second-order valence-electron chi connectivity index (χ2n) is 5.49. The number of methoxy groups -OCH3 is 1. The molecule has 25 heavy (non-hydrogen) atoms. The van der Waals surface area contributed by atoms with Crippen molar-refractivity contribution in [2.24, 2.45) is 5.10 Å². The molecule has 0 aliphatic carbocycles. The number of nitrogens with one attached hydrogen (secondary N) is 2. The fourth-order valence-electron chi connectivity index (χ4n) is 2.71. The Morgan fingerprint density at radius 2 is 1.76 bits per heavy atom. The molecule has 4 rings (SSSR count). The second-order valence-corrected chi connectivity index (χ2v) is 5.49. The molecule has 0 amide bonds. The number of H-pyrrole nitrogens is 2. The predicted molar refractivity (Wildman–Crippen MR) is 96.7 cm³/mol. The van der Waals surface area contributed by atoms with Crippen LogP contribution in [0, 0.1) is 0 Å². The van der Waals surface area contributed by atoms with Crippen LogP contribution in [0.4, 0.5) is 0 Å². The van der Waals surface area contributed by atoms with E-state index in [1.54, 1.807) is 31.4 Å². The summed E-state index contributed by atoms with van der Waals surface area (Å²) in [5, 5.41) is 4.82. The van der Waals surface area contributed by atoms with Crippen molar-refractivity contribution >= 4 is 28.2 Å². The third-order valence-corrected chi connectivity index (χ3v) is 3.97. The first-order valence-electron chi connectivity index (χ1n) is 7.61. The molecule has 124 valence electrons. The summed E-state index contributed by atoms with van der Waals surface area (Å²) in [5.74, 6) is 0.714. The van der Waals surface area contributed by atoms with Crippen LogP contribution in [-0.2, 0) is 0 Å². The van der Waals surface area contributed by atoms with Crippen molar-refractivity contribution in [2.75, 3.05) is 7.11 Å². The van der Waals surface area contributed by atoms with Crippen molar-refractivity contribution in [1.82, 2.24) is 14.6 Å². The molecule has 2 heterocycles. The molecule has 7 heteroatoms. The van der Waals surface area contributed by atoms with Crippen molar-refractivity contribution in [3.05, 3.63) is 74.9 Å². The normalized spacial score (nSPS) is 11.6. The van der Waals surface area contributed by atoms with Crippen LogP contribution in [0.15, 0.2) is 63.2 Å². The number of rotatable bonds is 3. The summed E-state index contributed by atoms with van der Waals surface area (Å²) >= 11 is 0. The number of fused-ring (bicyclic) bond motifs is 3. The summed E-state index contributed by atoms with van der Waals surface area (Å²) in [6, 6.07) is 14.5. The molecular formula is C18H14N4O3. The molecule has 0 aliphatic heterocycles. The van der Waals surface area contributed by atoms with Crippen molar-refractivity contribution < 1.29 is 4.74 Å². The van der Waals surface area contributed by atoms with E-state index in [0.29, 0.717) is 16.8 Å². The average molecular weight is 334 g/mol. The first kappa shape index (κ1) is 14.9. The first-order valence-corrected chi connectivity index (χ1v) is 7.61. The SMILES string of the molecule is COc1ccc(/C=N\n2c(=O)[nH]c3c([nH]c4ccccc43)c2=O)cc1. The summed E-state index contributed by atoms with van der Waals surface area (Å²) in [6.45, 7) is 0. The van der Waals surface area contributed by atoms with Crippen LogP contribution in [0.5, 0.6) is 5.75 Å². The van der Waals surface area contributed by atoms with E-state index in [1.807, 2.05) is 24.3 Å². The molecule has 0 aliphatic rings. The molecule has 0 fully saturated rings. The Morgan fingerprint density at radius 1 is 1.00 bits per heavy atom. The van der Waals surface area contributed by atoms with E-state index < -0.39 is 11.2 Å². The molecule has 0 bridgehead atoms. The zero-order chi connectivity index (χ0) is 17.4. The fourth-order valence-corrected chi connectivity index (χ4v) is 2.71. The molecule has 4 aromatic rings. The maximum Gasteiger partial charge on any atom is 0.350 e. The number of benzene rings is 2. The minimum absolute atomic E-state index is 0.313. The molecule has 0 spiro atoms. The smallest absolute Gasteiger partial charge is 0.350 e. The summed E-state index contributed by atoms with van der Waals surface area (Å²) in [7, 11) is 1.58. The Balaban J connectivity index is 1.84. The molecule has 0 radical (unpaired) electrons. The second kappa shape index (κ2) is 5.79. The van der Waals surface area contributed by atoms with Crippen LogP contribution in [0.3, 0.4) is 0 Å². The number of hydrogen-bond donors (Lipinski definition) is 2. The zero-order valence-corrected chi connectivity index (χ0v) is 13.3. The maximum atomic E-state index is 12.6. The predicted octanol–water partition coefficient (Wildman–Crippen LogP) is 2.06. The van der Waals surface area contributed by atoms with Gasteiger partial charge in [0.2, 0.25) is 0 Å². The lowest BCUT2D eigenvalue weighted by Crippen LogP contribution is -2.32. The van der Waals surface area contributed by atoms with E-state index >= 15 is 0 Å². The van der Waals surface area contributed by atoms with E-state index in [0.717, 1.165) is 21.1 Å². The van der Waals surface area contributed by atoms with E-state index in [1.165, 1.54) is 6.21 Å². The minimum atomic E-state index is -0.591. The monoisotopic (exact) mass is 334 g/mol. The van der Waals surface area contributed by atoms with Gasteiger partial charge in [-0.1, -0.05) is 18.2 Å². The Kier molecular flexibility index (Phi) is 3.46. The number of aromatic amines is 2. The van der Waals surface area contributed by atoms with Crippen LogP contribution >= 0.6 is 0 Å². The third-order valence-electron chi connectivity index (χ3n) is 3.97. The van der Waals surface area contributed by atoms with Gasteiger partial charge in [0, 0.05) is 10.9 Å². The highest BCUT2D eigenvalue weighted by Gasteiger charge is 2.11. The maximum absolute atomic E-state index is 12.6. The molecule has 0 unspecified atom stereocenters. The van der Waals surface area contributed by atoms with Gasteiger partial charge in [-0.2, -0.15) is 5.10 Å². The lowest BCUT2D eigenvalue weighted by molar-refractivity contribution is 0.415. The third kappa shape index (κ3) is 2.51. The summed E-state index contributed by atoms with van der Waals surface area (Å²) < 4.78 is 5.90. The minimum Gasteiger partial charge on any atom is -0.497 e. The Bertz CT molecular complexity index is 1210. The average Bonchev–Trinajstić information content (AvgIpc) is 3.01. The number of aromatic nitrogens is 3. The Morgan fingerprint density at radius 3 is 2.52 bits per heavy atom. The van der Waals surface area contributed by atoms with Gasteiger partial charge in [-0.25, -0.2) is 4.79 Å². The van der Waals surface area contributed by atoms with Crippen LogP contribution in [0.1, 0.15) is 5.56 Å². The van der Waals surface area contributed by atoms with Gasteiger partial charge in [0.25, 0.3) is 0 Å². The highest BCUT2D eigenvalue weighted by molar-refractivity contribution is 6.04. The van der Waals surface area contributed by atoms with Gasteiger partial charge in [-0.05, 0) is 35.9 Å². The van der Waals surface area contributed by atoms with Crippen LogP contribution in [0.2, 0.25) is 0 Å². The molecule has 2 N–H and O–H groups in total. The molecule has 7 nitrogen and oxygen atoms in total. The Hall–Kier alpha value is -3.61. The largest absolute Gasteiger partial charge is 0.497 e. The molecule has 0 atom stereocenters. The molecule has 0 saturated carbocycles. The van der Waals surface area contributed by atoms with E-state index in [9.17, 15) is 9.59 Å². The van der Waals surface area contributed by atoms with Gasteiger partial charge in [-0.15, -0.1) is 4.68 Å². The lowest BCUT2D eigenvalue weighted by Gasteiger charge is -2.00. The van der Waals surface area contributed by atoms with Gasteiger partial charge < -0.3 is 14.7 Å². The van der Waals surface area contributed by atoms with Gasteiger partial charge in [-0.3, -0.25) is 4.79 Å². The van der Waals surface area contributed by atoms with Gasteiger partial charge in [0.1, 0.15) is 11.3 Å². The highest BCUT2D eigenvalue weighted by atomic mass is 16.5. The van der Waals surface area contributed by atoms with Crippen LogP contribution < -0.4 is 16.0 Å². The fraction of sp³-hybridized carbons (Fsp3) is 0.0556. The zero-order valence-electron chi connectivity index (χ0n) is 13.3. The van der Waals surface area contributed by atoms with Gasteiger partial charge >= 0.3 is 11.2 Å². The molecule has 2 aromatic carbocycles. The number of hydrogen-bond acceptors (Lipinski definition) is 4. The topological polar surface area (TPSA) is 92.2 Å². The first-order chi connectivity index (χ1) is 12.2. The summed E-state index contributed by atoms with van der Waals surface area (Å²) in [4.78, 5) is 30.6. The van der Waals surface area contributed by atoms with Crippen LogP contribution in [0.25, 0.3) is 21.9 Å². The standard InChI is InChI=1S/C18H14N4O3/c1-25-12-8-6-11(7-9-12)10-19-22-17(23)16-15(21-18(22)24)13-4-2-3-5-14(13)20-16/h2-10,20H,1H3,(H,21,24)/b19-10-.